The molecule has 0 spiro atoms. The Morgan fingerprint density at radius 1 is 1.67 bits per heavy atom. The van der Waals surface area contributed by atoms with Gasteiger partial charge in [-0.05, 0) is 19.3 Å². The van der Waals surface area contributed by atoms with Gasteiger partial charge in [0.25, 0.3) is 0 Å². The highest BCUT2D eigenvalue weighted by molar-refractivity contribution is 5.71. The Hall–Kier alpha value is -0.770. The topological polar surface area (TPSA) is 55.6 Å². The first-order valence-electron chi connectivity index (χ1n) is 4.32. The Bertz CT molecular complexity index is 155. The van der Waals surface area contributed by atoms with Gasteiger partial charge in [-0.3, -0.25) is 0 Å². The van der Waals surface area contributed by atoms with Gasteiger partial charge >= 0.3 is 6.03 Å². The van der Waals surface area contributed by atoms with Crippen LogP contribution >= 0.6 is 0 Å². The van der Waals surface area contributed by atoms with E-state index < -0.39 is 0 Å². The van der Waals surface area contributed by atoms with Gasteiger partial charge in [0.2, 0.25) is 0 Å². The summed E-state index contributed by atoms with van der Waals surface area (Å²) >= 11 is 0. The van der Waals surface area contributed by atoms with Crippen LogP contribution in [0.1, 0.15) is 19.3 Å². The maximum absolute atomic E-state index is 10.7. The van der Waals surface area contributed by atoms with E-state index in [0.29, 0.717) is 6.54 Å². The first kappa shape index (κ1) is 9.32. The summed E-state index contributed by atoms with van der Waals surface area (Å²) < 4.78 is 5.45. The van der Waals surface area contributed by atoms with E-state index in [4.69, 9.17) is 10.5 Å². The zero-order chi connectivity index (χ0) is 8.97. The minimum atomic E-state index is -0.385. The molecule has 4 nitrogen and oxygen atoms in total. The average Bonchev–Trinajstić information content (AvgIpc) is 2.06. The molecule has 2 N–H and O–H groups in total. The number of hydrogen-bond acceptors (Lipinski definition) is 2. The Labute approximate surface area is 72.7 Å². The van der Waals surface area contributed by atoms with Crippen LogP contribution in [0.3, 0.4) is 0 Å². The van der Waals surface area contributed by atoms with Gasteiger partial charge in [-0.15, -0.1) is 0 Å². The van der Waals surface area contributed by atoms with E-state index in [2.05, 4.69) is 0 Å². The van der Waals surface area contributed by atoms with Gasteiger partial charge in [0.15, 0.2) is 0 Å². The Kier molecular flexibility index (Phi) is 3.34. The summed E-state index contributed by atoms with van der Waals surface area (Å²) in [4.78, 5) is 12.2. The highest BCUT2D eigenvalue weighted by Crippen LogP contribution is 2.12. The number of likely N-dealkylation sites (N-methyl/N-ethyl adjacent to an activating group) is 1. The fraction of sp³-hybridized carbons (Fsp3) is 0.875. The fourth-order valence-electron chi connectivity index (χ4n) is 1.35. The highest BCUT2D eigenvalue weighted by atomic mass is 16.5. The molecule has 1 aliphatic rings. The molecule has 0 aromatic carbocycles. The predicted molar refractivity (Wildman–Crippen MR) is 45.8 cm³/mol. The van der Waals surface area contributed by atoms with Crippen molar-refractivity contribution in [3.63, 3.8) is 0 Å². The van der Waals surface area contributed by atoms with Crippen LogP contribution in [0.15, 0.2) is 0 Å². The van der Waals surface area contributed by atoms with Crippen LogP contribution in [-0.2, 0) is 4.74 Å². The lowest BCUT2D eigenvalue weighted by Gasteiger charge is -2.26. The SMILES string of the molecule is CN(CC1CCCCO1)C(N)=O. The summed E-state index contributed by atoms with van der Waals surface area (Å²) in [6.07, 6.45) is 3.56. The lowest BCUT2D eigenvalue weighted by Crippen LogP contribution is -2.39. The van der Waals surface area contributed by atoms with Crippen LogP contribution < -0.4 is 5.73 Å². The molecule has 1 rings (SSSR count). The fourth-order valence-corrected chi connectivity index (χ4v) is 1.35. The molecule has 1 atom stereocenters. The monoisotopic (exact) mass is 172 g/mol. The molecule has 0 aromatic rings. The first-order chi connectivity index (χ1) is 5.70. The Morgan fingerprint density at radius 2 is 2.42 bits per heavy atom. The van der Waals surface area contributed by atoms with Crippen molar-refractivity contribution in [3.05, 3.63) is 0 Å². The van der Waals surface area contributed by atoms with Gasteiger partial charge in [0.1, 0.15) is 0 Å². The molecular weight excluding hydrogens is 156 g/mol. The number of ether oxygens (including phenoxy) is 1. The largest absolute Gasteiger partial charge is 0.376 e. The number of nitrogens with zero attached hydrogens (tertiary/aromatic N) is 1. The Balaban J connectivity index is 2.24. The maximum atomic E-state index is 10.7. The molecule has 0 saturated carbocycles. The van der Waals surface area contributed by atoms with E-state index >= 15 is 0 Å². The number of urea groups is 1. The lowest BCUT2D eigenvalue weighted by molar-refractivity contribution is 0.00438. The second-order valence-electron chi connectivity index (χ2n) is 3.21. The molecule has 2 amide bonds. The van der Waals surface area contributed by atoms with Crippen molar-refractivity contribution in [1.82, 2.24) is 4.90 Å². The van der Waals surface area contributed by atoms with Crippen molar-refractivity contribution in [1.29, 1.82) is 0 Å². The summed E-state index contributed by atoms with van der Waals surface area (Å²) in [5, 5.41) is 0. The molecule has 1 saturated heterocycles. The molecule has 0 bridgehead atoms. The second-order valence-corrected chi connectivity index (χ2v) is 3.21. The molecule has 0 radical (unpaired) electrons. The van der Waals surface area contributed by atoms with Crippen molar-refractivity contribution in [2.45, 2.75) is 25.4 Å². The van der Waals surface area contributed by atoms with Crippen molar-refractivity contribution in [2.24, 2.45) is 5.73 Å². The molecule has 1 fully saturated rings. The molecule has 1 aliphatic heterocycles. The molecular formula is C8H16N2O2. The number of carbonyl (C=O) groups is 1. The van der Waals surface area contributed by atoms with Gasteiger partial charge in [-0.2, -0.15) is 0 Å². The summed E-state index contributed by atoms with van der Waals surface area (Å²) in [5.74, 6) is 0. The molecule has 1 heterocycles. The van der Waals surface area contributed by atoms with E-state index in [1.165, 1.54) is 11.3 Å². The van der Waals surface area contributed by atoms with Crippen molar-refractivity contribution < 1.29 is 9.53 Å². The quantitative estimate of drug-likeness (QED) is 0.662. The molecule has 0 aliphatic carbocycles. The predicted octanol–water partition coefficient (Wildman–Crippen LogP) is 0.566. The standard InChI is InChI=1S/C8H16N2O2/c1-10(8(9)11)6-7-4-2-3-5-12-7/h7H,2-6H2,1H3,(H2,9,11). The number of nitrogens with two attached hydrogens (primary N) is 1. The zero-order valence-electron chi connectivity index (χ0n) is 7.45. The third-order valence-corrected chi connectivity index (χ3v) is 2.13. The van der Waals surface area contributed by atoms with Crippen molar-refractivity contribution in [2.75, 3.05) is 20.2 Å². The van der Waals surface area contributed by atoms with Gasteiger partial charge in [-0.25, -0.2) is 4.79 Å². The zero-order valence-corrected chi connectivity index (χ0v) is 7.45. The summed E-state index contributed by atoms with van der Waals surface area (Å²) in [7, 11) is 1.69. The minimum Gasteiger partial charge on any atom is -0.376 e. The molecule has 12 heavy (non-hydrogen) atoms. The third-order valence-electron chi connectivity index (χ3n) is 2.13. The van der Waals surface area contributed by atoms with Crippen molar-refractivity contribution in [3.8, 4) is 0 Å². The molecule has 70 valence electrons. The van der Waals surface area contributed by atoms with Gasteiger partial charge < -0.3 is 15.4 Å². The number of amides is 2. The van der Waals surface area contributed by atoms with E-state index in [1.807, 2.05) is 0 Å². The number of rotatable bonds is 2. The maximum Gasteiger partial charge on any atom is 0.314 e. The molecule has 4 heteroatoms. The van der Waals surface area contributed by atoms with E-state index in [9.17, 15) is 4.79 Å². The smallest absolute Gasteiger partial charge is 0.314 e. The summed E-state index contributed by atoms with van der Waals surface area (Å²) in [6.45, 7) is 1.44. The molecule has 0 aromatic heterocycles. The number of carbonyl (C=O) groups excluding carboxylic acids is 1. The average molecular weight is 172 g/mol. The minimum absolute atomic E-state index is 0.191. The second kappa shape index (κ2) is 4.30. The molecule has 1 unspecified atom stereocenters. The van der Waals surface area contributed by atoms with E-state index in [1.54, 1.807) is 7.05 Å². The van der Waals surface area contributed by atoms with Crippen molar-refractivity contribution >= 4 is 6.03 Å². The van der Waals surface area contributed by atoms with E-state index in [-0.39, 0.29) is 12.1 Å². The Morgan fingerprint density at radius 3 is 2.92 bits per heavy atom. The van der Waals surface area contributed by atoms with Crippen LogP contribution in [0.5, 0.6) is 0 Å². The lowest BCUT2D eigenvalue weighted by atomic mass is 10.1. The van der Waals surface area contributed by atoms with Gasteiger partial charge in [0, 0.05) is 20.2 Å². The van der Waals surface area contributed by atoms with Crippen LogP contribution in [0.25, 0.3) is 0 Å². The van der Waals surface area contributed by atoms with Gasteiger partial charge in [-0.1, -0.05) is 0 Å². The number of hydrogen-bond donors (Lipinski definition) is 1. The van der Waals surface area contributed by atoms with Crippen LogP contribution in [0, 0.1) is 0 Å². The number of primary amides is 1. The van der Waals surface area contributed by atoms with E-state index in [0.717, 1.165) is 19.4 Å². The highest BCUT2D eigenvalue weighted by Gasteiger charge is 2.16. The third kappa shape index (κ3) is 2.70. The van der Waals surface area contributed by atoms with Crippen LogP contribution in [0.4, 0.5) is 4.79 Å². The summed E-state index contributed by atoms with van der Waals surface area (Å²) in [5.41, 5.74) is 5.08. The van der Waals surface area contributed by atoms with Crippen LogP contribution in [-0.4, -0.2) is 37.2 Å². The van der Waals surface area contributed by atoms with Gasteiger partial charge in [0.05, 0.1) is 6.10 Å². The normalized spacial score (nSPS) is 23.6. The summed E-state index contributed by atoms with van der Waals surface area (Å²) in [6, 6.07) is -0.385. The first-order valence-corrected chi connectivity index (χ1v) is 4.32. The van der Waals surface area contributed by atoms with Crippen LogP contribution in [0.2, 0.25) is 0 Å².